The van der Waals surface area contributed by atoms with Gasteiger partial charge in [0.1, 0.15) is 0 Å². The number of rotatable bonds is 4. The minimum absolute atomic E-state index is 0.0533. The van der Waals surface area contributed by atoms with E-state index in [1.165, 1.54) is 37.2 Å². The summed E-state index contributed by atoms with van der Waals surface area (Å²) in [5.74, 6) is 0.0533. The molecule has 4 heteroatoms. The van der Waals surface area contributed by atoms with E-state index in [-0.39, 0.29) is 5.91 Å². The predicted molar refractivity (Wildman–Crippen MR) is 81.3 cm³/mol. The van der Waals surface area contributed by atoms with Crippen molar-refractivity contribution in [1.29, 1.82) is 0 Å². The lowest BCUT2D eigenvalue weighted by atomic mass is 10.0. The topological polar surface area (TPSA) is 44.4 Å². The first-order valence-corrected chi connectivity index (χ1v) is 7.70. The van der Waals surface area contributed by atoms with Gasteiger partial charge in [0, 0.05) is 30.9 Å². The summed E-state index contributed by atoms with van der Waals surface area (Å²) in [4.78, 5) is 14.6. The molecule has 2 heterocycles. The van der Waals surface area contributed by atoms with E-state index in [0.717, 1.165) is 38.0 Å². The number of benzene rings is 1. The highest BCUT2D eigenvalue weighted by Gasteiger charge is 2.14. The predicted octanol–water partition coefficient (Wildman–Crippen LogP) is 1.87. The molecule has 1 aromatic rings. The molecule has 0 unspecified atom stereocenters. The summed E-state index contributed by atoms with van der Waals surface area (Å²) in [6, 6.07) is 5.99. The Hall–Kier alpha value is -1.55. The highest BCUT2D eigenvalue weighted by Crippen LogP contribution is 2.22. The molecular formula is C16H23N3O. The minimum atomic E-state index is 0.0533. The maximum absolute atomic E-state index is 12.2. The van der Waals surface area contributed by atoms with E-state index in [2.05, 4.69) is 15.5 Å². The van der Waals surface area contributed by atoms with Gasteiger partial charge in [-0.3, -0.25) is 4.79 Å². The fraction of sp³-hybridized carbons (Fsp3) is 0.562. The van der Waals surface area contributed by atoms with Crippen LogP contribution in [0.1, 0.15) is 35.2 Å². The van der Waals surface area contributed by atoms with E-state index in [1.807, 2.05) is 18.2 Å². The van der Waals surface area contributed by atoms with Gasteiger partial charge in [-0.15, -0.1) is 0 Å². The Morgan fingerprint density at radius 3 is 2.95 bits per heavy atom. The van der Waals surface area contributed by atoms with Crippen molar-refractivity contribution in [2.45, 2.75) is 25.7 Å². The third kappa shape index (κ3) is 3.12. The van der Waals surface area contributed by atoms with Gasteiger partial charge in [0.2, 0.25) is 0 Å². The van der Waals surface area contributed by atoms with Crippen LogP contribution in [0.4, 0.5) is 5.69 Å². The van der Waals surface area contributed by atoms with Crippen molar-refractivity contribution in [2.24, 2.45) is 0 Å². The van der Waals surface area contributed by atoms with Crippen molar-refractivity contribution < 1.29 is 4.79 Å². The second-order valence-electron chi connectivity index (χ2n) is 5.71. The molecule has 2 N–H and O–H groups in total. The third-order valence-electron chi connectivity index (χ3n) is 4.22. The van der Waals surface area contributed by atoms with Crippen LogP contribution in [0.5, 0.6) is 0 Å². The summed E-state index contributed by atoms with van der Waals surface area (Å²) in [6.07, 6.45) is 4.81. The number of hydrogen-bond acceptors (Lipinski definition) is 3. The van der Waals surface area contributed by atoms with E-state index in [1.54, 1.807) is 0 Å². The van der Waals surface area contributed by atoms with Crippen molar-refractivity contribution in [3.63, 3.8) is 0 Å². The maximum atomic E-state index is 12.2. The van der Waals surface area contributed by atoms with Gasteiger partial charge in [-0.2, -0.15) is 0 Å². The lowest BCUT2D eigenvalue weighted by molar-refractivity contribution is 0.0949. The smallest absolute Gasteiger partial charge is 0.251 e. The van der Waals surface area contributed by atoms with Gasteiger partial charge < -0.3 is 15.5 Å². The Bertz CT molecular complexity index is 481. The molecule has 2 aliphatic heterocycles. The highest BCUT2D eigenvalue weighted by molar-refractivity contribution is 5.94. The average Bonchev–Trinajstić information content (AvgIpc) is 3.00. The second kappa shape index (κ2) is 6.27. The van der Waals surface area contributed by atoms with Crippen molar-refractivity contribution >= 4 is 11.6 Å². The average molecular weight is 273 g/mol. The van der Waals surface area contributed by atoms with Gasteiger partial charge in [-0.05, 0) is 62.5 Å². The normalized spacial score (nSPS) is 18.4. The Morgan fingerprint density at radius 1 is 1.25 bits per heavy atom. The molecule has 1 saturated heterocycles. The van der Waals surface area contributed by atoms with Crippen LogP contribution in [-0.2, 0) is 6.42 Å². The Labute approximate surface area is 120 Å². The first-order valence-electron chi connectivity index (χ1n) is 7.70. The van der Waals surface area contributed by atoms with Crippen LogP contribution in [0.15, 0.2) is 18.2 Å². The van der Waals surface area contributed by atoms with Crippen LogP contribution in [0.3, 0.4) is 0 Å². The van der Waals surface area contributed by atoms with Crippen LogP contribution < -0.4 is 10.6 Å². The van der Waals surface area contributed by atoms with Gasteiger partial charge >= 0.3 is 0 Å². The standard InChI is InChI=1S/C16H23N3O/c20-16(18-8-11-19-9-1-2-10-19)14-5-6-15-13(12-14)4-3-7-17-15/h5-6,12,17H,1-4,7-11H2,(H,18,20). The molecule has 0 atom stereocenters. The minimum Gasteiger partial charge on any atom is -0.385 e. The molecule has 3 rings (SSSR count). The first kappa shape index (κ1) is 13.4. The zero-order chi connectivity index (χ0) is 13.8. The number of fused-ring (bicyclic) bond motifs is 1. The van der Waals surface area contributed by atoms with E-state index in [4.69, 9.17) is 0 Å². The SMILES string of the molecule is O=C(NCCN1CCCC1)c1ccc2c(c1)CCCN2. The van der Waals surface area contributed by atoms with Gasteiger partial charge in [-0.25, -0.2) is 0 Å². The number of nitrogens with one attached hydrogen (secondary N) is 2. The molecule has 20 heavy (non-hydrogen) atoms. The quantitative estimate of drug-likeness (QED) is 0.880. The fourth-order valence-corrected chi connectivity index (χ4v) is 3.05. The van der Waals surface area contributed by atoms with E-state index in [9.17, 15) is 4.79 Å². The molecule has 1 amide bonds. The Morgan fingerprint density at radius 2 is 2.10 bits per heavy atom. The van der Waals surface area contributed by atoms with Gasteiger partial charge in [0.25, 0.3) is 5.91 Å². The lowest BCUT2D eigenvalue weighted by Gasteiger charge is -2.19. The molecule has 2 aliphatic rings. The summed E-state index contributed by atoms with van der Waals surface area (Å²) in [5.41, 5.74) is 3.24. The van der Waals surface area contributed by atoms with Crippen LogP contribution >= 0.6 is 0 Å². The summed E-state index contributed by atoms with van der Waals surface area (Å²) in [7, 11) is 0. The Balaban J connectivity index is 1.53. The molecule has 0 radical (unpaired) electrons. The molecule has 108 valence electrons. The van der Waals surface area contributed by atoms with Crippen molar-refractivity contribution in [2.75, 3.05) is 38.0 Å². The maximum Gasteiger partial charge on any atom is 0.251 e. The molecule has 0 spiro atoms. The molecule has 0 aliphatic carbocycles. The van der Waals surface area contributed by atoms with Gasteiger partial charge in [0.05, 0.1) is 0 Å². The third-order valence-corrected chi connectivity index (χ3v) is 4.22. The summed E-state index contributed by atoms with van der Waals surface area (Å²) < 4.78 is 0. The summed E-state index contributed by atoms with van der Waals surface area (Å²) >= 11 is 0. The second-order valence-corrected chi connectivity index (χ2v) is 5.71. The largest absolute Gasteiger partial charge is 0.385 e. The summed E-state index contributed by atoms with van der Waals surface area (Å²) in [5, 5.41) is 6.40. The number of aryl methyl sites for hydroxylation is 1. The van der Waals surface area contributed by atoms with Gasteiger partial charge in [0.15, 0.2) is 0 Å². The number of carbonyl (C=O) groups excluding carboxylic acids is 1. The number of carbonyl (C=O) groups is 1. The molecule has 4 nitrogen and oxygen atoms in total. The van der Waals surface area contributed by atoms with E-state index in [0.29, 0.717) is 0 Å². The zero-order valence-corrected chi connectivity index (χ0v) is 12.0. The molecule has 0 aromatic heterocycles. The number of anilines is 1. The molecule has 0 bridgehead atoms. The number of amides is 1. The van der Waals surface area contributed by atoms with Gasteiger partial charge in [-0.1, -0.05) is 0 Å². The van der Waals surface area contributed by atoms with Crippen LogP contribution in [-0.4, -0.2) is 43.5 Å². The lowest BCUT2D eigenvalue weighted by Crippen LogP contribution is -2.33. The summed E-state index contributed by atoms with van der Waals surface area (Å²) in [6.45, 7) is 5.11. The van der Waals surface area contributed by atoms with E-state index >= 15 is 0 Å². The zero-order valence-electron chi connectivity index (χ0n) is 12.0. The first-order chi connectivity index (χ1) is 9.83. The molecule has 1 aromatic carbocycles. The van der Waals surface area contributed by atoms with Crippen LogP contribution in [0, 0.1) is 0 Å². The molecule has 1 fully saturated rings. The van der Waals surface area contributed by atoms with Crippen LogP contribution in [0.25, 0.3) is 0 Å². The monoisotopic (exact) mass is 273 g/mol. The van der Waals surface area contributed by atoms with Crippen molar-refractivity contribution in [1.82, 2.24) is 10.2 Å². The molecule has 0 saturated carbocycles. The number of nitrogens with zero attached hydrogens (tertiary/aromatic N) is 1. The highest BCUT2D eigenvalue weighted by atomic mass is 16.1. The van der Waals surface area contributed by atoms with Crippen LogP contribution in [0.2, 0.25) is 0 Å². The van der Waals surface area contributed by atoms with E-state index < -0.39 is 0 Å². The van der Waals surface area contributed by atoms with Crippen molar-refractivity contribution in [3.8, 4) is 0 Å². The molecular weight excluding hydrogens is 250 g/mol. The number of hydrogen-bond donors (Lipinski definition) is 2. The van der Waals surface area contributed by atoms with Crippen molar-refractivity contribution in [3.05, 3.63) is 29.3 Å². The Kier molecular flexibility index (Phi) is 4.21. The number of likely N-dealkylation sites (tertiary alicyclic amines) is 1. The fourth-order valence-electron chi connectivity index (χ4n) is 3.05.